The molecule has 2 rings (SSSR count). The molecular formula is C10H7ClN2O2. The topological polar surface area (TPSA) is 66.0 Å². The second-order valence-corrected chi connectivity index (χ2v) is 3.34. The first kappa shape index (κ1) is 9.73. The molecule has 2 aromatic rings. The van der Waals surface area contributed by atoms with Gasteiger partial charge in [-0.1, -0.05) is 11.6 Å². The van der Waals surface area contributed by atoms with Gasteiger partial charge in [-0.2, -0.15) is 0 Å². The number of pyridine rings is 1. The highest BCUT2D eigenvalue weighted by Crippen LogP contribution is 2.25. The van der Waals surface area contributed by atoms with Crippen molar-refractivity contribution in [3.63, 3.8) is 0 Å². The van der Waals surface area contributed by atoms with E-state index in [1.807, 2.05) is 0 Å². The minimum Gasteiger partial charge on any atom is -0.478 e. The summed E-state index contributed by atoms with van der Waals surface area (Å²) in [6.07, 6.45) is 5.80. The Balaban J connectivity index is 2.57. The van der Waals surface area contributed by atoms with Crippen molar-refractivity contribution in [2.24, 2.45) is 0 Å². The summed E-state index contributed by atoms with van der Waals surface area (Å²) in [6, 6.07) is 1.66. The number of carboxylic acid groups (broad SMARTS) is 1. The molecule has 4 nitrogen and oxygen atoms in total. The van der Waals surface area contributed by atoms with Crippen molar-refractivity contribution in [1.29, 1.82) is 0 Å². The summed E-state index contributed by atoms with van der Waals surface area (Å²) in [6.45, 7) is 0. The van der Waals surface area contributed by atoms with Crippen LogP contribution in [0.2, 0.25) is 5.02 Å². The maximum atomic E-state index is 10.4. The SMILES string of the molecule is O=C(O)/C=C/c1c[nH]c2nccc(Cl)c12. The first-order valence-electron chi connectivity index (χ1n) is 4.21. The summed E-state index contributed by atoms with van der Waals surface area (Å²) in [5.74, 6) is -0.996. The zero-order chi connectivity index (χ0) is 10.8. The van der Waals surface area contributed by atoms with E-state index in [2.05, 4.69) is 9.97 Å². The number of fused-ring (bicyclic) bond motifs is 1. The molecule has 0 aliphatic heterocycles. The largest absolute Gasteiger partial charge is 0.478 e. The van der Waals surface area contributed by atoms with Crippen LogP contribution < -0.4 is 0 Å². The second-order valence-electron chi connectivity index (χ2n) is 2.93. The molecule has 2 N–H and O–H groups in total. The van der Waals surface area contributed by atoms with Gasteiger partial charge in [-0.15, -0.1) is 0 Å². The Hall–Kier alpha value is -1.81. The van der Waals surface area contributed by atoms with Crippen molar-refractivity contribution >= 4 is 34.7 Å². The molecular weight excluding hydrogens is 216 g/mol. The van der Waals surface area contributed by atoms with Crippen molar-refractivity contribution < 1.29 is 9.90 Å². The Morgan fingerprint density at radius 2 is 2.40 bits per heavy atom. The zero-order valence-electron chi connectivity index (χ0n) is 7.57. The molecule has 2 aromatic heterocycles. The maximum absolute atomic E-state index is 10.4. The molecule has 0 atom stereocenters. The lowest BCUT2D eigenvalue weighted by molar-refractivity contribution is -0.131. The van der Waals surface area contributed by atoms with Gasteiger partial charge >= 0.3 is 5.97 Å². The number of halogens is 1. The smallest absolute Gasteiger partial charge is 0.328 e. The van der Waals surface area contributed by atoms with Crippen molar-refractivity contribution in [2.75, 3.05) is 0 Å². The van der Waals surface area contributed by atoms with Crippen molar-refractivity contribution in [1.82, 2.24) is 9.97 Å². The average molecular weight is 223 g/mol. The van der Waals surface area contributed by atoms with Crippen LogP contribution in [0.3, 0.4) is 0 Å². The van der Waals surface area contributed by atoms with Crippen LogP contribution in [0.4, 0.5) is 0 Å². The van der Waals surface area contributed by atoms with E-state index in [9.17, 15) is 4.79 Å². The van der Waals surface area contributed by atoms with Crippen LogP contribution in [0.25, 0.3) is 17.1 Å². The van der Waals surface area contributed by atoms with Crippen LogP contribution in [-0.4, -0.2) is 21.0 Å². The van der Waals surface area contributed by atoms with Crippen molar-refractivity contribution in [3.05, 3.63) is 35.1 Å². The fourth-order valence-electron chi connectivity index (χ4n) is 1.33. The van der Waals surface area contributed by atoms with Gasteiger partial charge < -0.3 is 10.1 Å². The highest BCUT2D eigenvalue weighted by atomic mass is 35.5. The summed E-state index contributed by atoms with van der Waals surface area (Å²) in [5.41, 5.74) is 1.36. The molecule has 0 saturated heterocycles. The number of rotatable bonds is 2. The summed E-state index contributed by atoms with van der Waals surface area (Å²) in [5, 5.41) is 9.79. The molecule has 5 heteroatoms. The average Bonchev–Trinajstić information content (AvgIpc) is 2.59. The van der Waals surface area contributed by atoms with E-state index < -0.39 is 5.97 Å². The standard InChI is InChI=1S/C10H7ClN2O2/c11-7-3-4-12-10-9(7)6(5-13-10)1-2-8(14)15/h1-5H,(H,12,13)(H,14,15)/b2-1+. The third kappa shape index (κ3) is 1.85. The lowest BCUT2D eigenvalue weighted by Gasteiger charge is -1.93. The van der Waals surface area contributed by atoms with Gasteiger partial charge in [0, 0.05) is 29.4 Å². The monoisotopic (exact) mass is 222 g/mol. The Morgan fingerprint density at radius 1 is 1.60 bits per heavy atom. The normalized spacial score (nSPS) is 11.3. The number of aliphatic carboxylic acids is 1. The molecule has 2 heterocycles. The Morgan fingerprint density at radius 3 is 3.13 bits per heavy atom. The number of nitrogens with zero attached hydrogens (tertiary/aromatic N) is 1. The van der Waals surface area contributed by atoms with E-state index >= 15 is 0 Å². The fourth-order valence-corrected chi connectivity index (χ4v) is 1.59. The quantitative estimate of drug-likeness (QED) is 0.767. The molecule has 15 heavy (non-hydrogen) atoms. The zero-order valence-corrected chi connectivity index (χ0v) is 8.32. The summed E-state index contributed by atoms with van der Waals surface area (Å²) < 4.78 is 0. The number of aromatic amines is 1. The van der Waals surface area contributed by atoms with Gasteiger partial charge in [0.2, 0.25) is 0 Å². The predicted octanol–water partition coefficient (Wildman–Crippen LogP) is 2.31. The molecule has 0 radical (unpaired) electrons. The van der Waals surface area contributed by atoms with Crippen LogP contribution >= 0.6 is 11.6 Å². The number of H-pyrrole nitrogens is 1. The third-order valence-corrected chi connectivity index (χ3v) is 2.27. The van der Waals surface area contributed by atoms with Gasteiger partial charge in [-0.25, -0.2) is 9.78 Å². The number of carbonyl (C=O) groups is 1. The molecule has 0 spiro atoms. The molecule has 76 valence electrons. The van der Waals surface area contributed by atoms with E-state index in [1.54, 1.807) is 18.5 Å². The molecule has 0 unspecified atom stereocenters. The molecule has 0 aliphatic rings. The molecule has 0 amide bonds. The maximum Gasteiger partial charge on any atom is 0.328 e. The number of hydrogen-bond acceptors (Lipinski definition) is 2. The highest BCUT2D eigenvalue weighted by molar-refractivity contribution is 6.35. The highest BCUT2D eigenvalue weighted by Gasteiger charge is 2.05. The van der Waals surface area contributed by atoms with Crippen molar-refractivity contribution in [3.8, 4) is 0 Å². The minimum atomic E-state index is -0.996. The molecule has 0 bridgehead atoms. The lowest BCUT2D eigenvalue weighted by atomic mass is 10.2. The van der Waals surface area contributed by atoms with Crippen LogP contribution in [-0.2, 0) is 4.79 Å². The van der Waals surface area contributed by atoms with Crippen molar-refractivity contribution in [2.45, 2.75) is 0 Å². The van der Waals surface area contributed by atoms with Crippen LogP contribution in [0.15, 0.2) is 24.5 Å². The van der Waals surface area contributed by atoms with Gasteiger partial charge in [0.25, 0.3) is 0 Å². The summed E-state index contributed by atoms with van der Waals surface area (Å²) in [7, 11) is 0. The number of aromatic nitrogens is 2. The van der Waals surface area contributed by atoms with Crippen LogP contribution in [0.1, 0.15) is 5.56 Å². The van der Waals surface area contributed by atoms with Gasteiger partial charge in [0.05, 0.1) is 5.02 Å². The third-order valence-electron chi connectivity index (χ3n) is 1.96. The molecule has 0 fully saturated rings. The Bertz CT molecular complexity index is 545. The Labute approximate surface area is 90.2 Å². The lowest BCUT2D eigenvalue weighted by Crippen LogP contribution is -1.85. The van der Waals surface area contributed by atoms with E-state index in [1.165, 1.54) is 6.08 Å². The van der Waals surface area contributed by atoms with E-state index in [0.29, 0.717) is 16.2 Å². The predicted molar refractivity (Wildman–Crippen MR) is 57.8 cm³/mol. The number of hydrogen-bond donors (Lipinski definition) is 2. The van der Waals surface area contributed by atoms with Crippen LogP contribution in [0.5, 0.6) is 0 Å². The summed E-state index contributed by atoms with van der Waals surface area (Å²) in [4.78, 5) is 17.4. The van der Waals surface area contributed by atoms with Gasteiger partial charge in [0.15, 0.2) is 0 Å². The van der Waals surface area contributed by atoms with Gasteiger partial charge in [-0.3, -0.25) is 0 Å². The first-order chi connectivity index (χ1) is 7.18. The van der Waals surface area contributed by atoms with Crippen LogP contribution in [0, 0.1) is 0 Å². The molecule has 0 saturated carbocycles. The Kier molecular flexibility index (Phi) is 2.43. The van der Waals surface area contributed by atoms with E-state index in [4.69, 9.17) is 16.7 Å². The van der Waals surface area contributed by atoms with E-state index in [0.717, 1.165) is 11.5 Å². The van der Waals surface area contributed by atoms with Gasteiger partial charge in [0.1, 0.15) is 5.65 Å². The van der Waals surface area contributed by atoms with Gasteiger partial charge in [-0.05, 0) is 12.1 Å². The second kappa shape index (κ2) is 3.74. The number of nitrogens with one attached hydrogen (secondary N) is 1. The molecule has 0 aliphatic carbocycles. The fraction of sp³-hybridized carbons (Fsp3) is 0. The number of carboxylic acids is 1. The van der Waals surface area contributed by atoms with E-state index in [-0.39, 0.29) is 0 Å². The minimum absolute atomic E-state index is 0.547. The first-order valence-corrected chi connectivity index (χ1v) is 4.59. The molecule has 0 aromatic carbocycles. The summed E-state index contributed by atoms with van der Waals surface area (Å²) >= 11 is 5.98.